The zero-order chi connectivity index (χ0) is 7.65. The summed E-state index contributed by atoms with van der Waals surface area (Å²) in [5.74, 6) is 0.477. The Balaban J connectivity index is 3.88. The molecular formula is C7H15BrO. The molecule has 0 saturated heterocycles. The maximum atomic E-state index is 9.41. The van der Waals surface area contributed by atoms with Gasteiger partial charge in [0, 0.05) is 4.83 Å². The van der Waals surface area contributed by atoms with Crippen molar-refractivity contribution in [1.29, 1.82) is 0 Å². The largest absolute Gasteiger partial charge is 0.389 e. The molecule has 0 saturated carbocycles. The molecule has 0 amide bonds. The van der Waals surface area contributed by atoms with E-state index in [1.165, 1.54) is 0 Å². The molecule has 0 radical (unpaired) electrons. The van der Waals surface area contributed by atoms with E-state index < -0.39 is 5.60 Å². The highest BCUT2D eigenvalue weighted by atomic mass is 79.9. The third-order valence-corrected chi connectivity index (χ3v) is 3.44. The molecule has 0 aliphatic heterocycles. The first-order chi connectivity index (χ1) is 3.85. The van der Waals surface area contributed by atoms with Crippen molar-refractivity contribution >= 4 is 15.9 Å². The summed E-state index contributed by atoms with van der Waals surface area (Å²) in [4.78, 5) is 0.185. The van der Waals surface area contributed by atoms with E-state index in [0.29, 0.717) is 5.92 Å². The minimum atomic E-state index is -0.603. The van der Waals surface area contributed by atoms with E-state index >= 15 is 0 Å². The molecule has 0 heterocycles. The SMILES string of the molecule is CC(C)[C@@H](Br)C(C)(C)O. The van der Waals surface area contributed by atoms with Gasteiger partial charge in [0.05, 0.1) is 5.60 Å². The second-order valence-corrected chi connectivity index (χ2v) is 4.29. The molecule has 1 nitrogen and oxygen atoms in total. The third-order valence-electron chi connectivity index (χ3n) is 1.26. The van der Waals surface area contributed by atoms with E-state index in [2.05, 4.69) is 29.8 Å². The van der Waals surface area contributed by atoms with Crippen molar-refractivity contribution in [3.05, 3.63) is 0 Å². The molecule has 0 aliphatic carbocycles. The highest BCUT2D eigenvalue weighted by molar-refractivity contribution is 9.09. The Labute approximate surface area is 65.6 Å². The summed E-state index contributed by atoms with van der Waals surface area (Å²) in [6.07, 6.45) is 0. The fourth-order valence-electron chi connectivity index (χ4n) is 0.816. The Hall–Kier alpha value is 0.440. The van der Waals surface area contributed by atoms with Gasteiger partial charge in [-0.2, -0.15) is 0 Å². The summed E-state index contributed by atoms with van der Waals surface area (Å²) in [6, 6.07) is 0. The molecule has 56 valence electrons. The monoisotopic (exact) mass is 194 g/mol. The van der Waals surface area contributed by atoms with Gasteiger partial charge < -0.3 is 5.11 Å². The Morgan fingerprint density at radius 1 is 1.33 bits per heavy atom. The standard InChI is InChI=1S/C7H15BrO/c1-5(2)6(8)7(3,4)9/h5-6,9H,1-4H3/t6-/m1/s1. The Kier molecular flexibility index (Phi) is 3.17. The van der Waals surface area contributed by atoms with Crippen molar-refractivity contribution in [1.82, 2.24) is 0 Å². The normalized spacial score (nSPS) is 16.3. The van der Waals surface area contributed by atoms with Crippen LogP contribution in [0.15, 0.2) is 0 Å². The topological polar surface area (TPSA) is 20.2 Å². The quantitative estimate of drug-likeness (QED) is 0.669. The van der Waals surface area contributed by atoms with E-state index in [9.17, 15) is 5.11 Å². The number of hydrogen-bond acceptors (Lipinski definition) is 1. The molecule has 1 atom stereocenters. The lowest BCUT2D eigenvalue weighted by atomic mass is 9.96. The van der Waals surface area contributed by atoms with Gasteiger partial charge >= 0.3 is 0 Å². The predicted molar refractivity (Wildman–Crippen MR) is 43.9 cm³/mol. The first-order valence-electron chi connectivity index (χ1n) is 3.22. The van der Waals surface area contributed by atoms with Gasteiger partial charge in [0.25, 0.3) is 0 Å². The summed E-state index contributed by atoms with van der Waals surface area (Å²) in [5.41, 5.74) is -0.603. The summed E-state index contributed by atoms with van der Waals surface area (Å²) >= 11 is 3.41. The molecule has 0 spiro atoms. The molecule has 0 aromatic heterocycles. The molecule has 0 unspecified atom stereocenters. The summed E-state index contributed by atoms with van der Waals surface area (Å²) in [5, 5.41) is 9.41. The molecule has 1 N–H and O–H groups in total. The molecule has 0 fully saturated rings. The molecular weight excluding hydrogens is 180 g/mol. The number of alkyl halides is 1. The lowest BCUT2D eigenvalue weighted by Gasteiger charge is -2.27. The fourth-order valence-corrected chi connectivity index (χ4v) is 0.816. The van der Waals surface area contributed by atoms with E-state index in [1.54, 1.807) is 0 Å². The molecule has 0 aliphatic rings. The van der Waals surface area contributed by atoms with Gasteiger partial charge in [-0.25, -0.2) is 0 Å². The molecule has 0 aromatic carbocycles. The number of aliphatic hydroxyl groups is 1. The Bertz CT molecular complexity index is 83.4. The third kappa shape index (κ3) is 3.21. The first-order valence-corrected chi connectivity index (χ1v) is 4.13. The van der Waals surface area contributed by atoms with Crippen molar-refractivity contribution in [2.24, 2.45) is 5.92 Å². The smallest absolute Gasteiger partial charge is 0.0718 e. The van der Waals surface area contributed by atoms with Crippen LogP contribution in [0.5, 0.6) is 0 Å². The van der Waals surface area contributed by atoms with E-state index in [0.717, 1.165) is 0 Å². The van der Waals surface area contributed by atoms with Crippen LogP contribution in [0.25, 0.3) is 0 Å². The van der Waals surface area contributed by atoms with Crippen LogP contribution < -0.4 is 0 Å². The second kappa shape index (κ2) is 3.02. The van der Waals surface area contributed by atoms with Crippen LogP contribution in [0.2, 0.25) is 0 Å². The average Bonchev–Trinajstić information content (AvgIpc) is 1.62. The number of hydrogen-bond donors (Lipinski definition) is 1. The lowest BCUT2D eigenvalue weighted by Crippen LogP contribution is -2.34. The average molecular weight is 195 g/mol. The van der Waals surface area contributed by atoms with Gasteiger partial charge in [-0.15, -0.1) is 0 Å². The predicted octanol–water partition coefficient (Wildman–Crippen LogP) is 2.18. The summed E-state index contributed by atoms with van der Waals surface area (Å²) in [6.45, 7) is 7.79. The maximum absolute atomic E-state index is 9.41. The van der Waals surface area contributed by atoms with Crippen LogP contribution in [-0.2, 0) is 0 Å². The summed E-state index contributed by atoms with van der Waals surface area (Å²) < 4.78 is 0. The van der Waals surface area contributed by atoms with Crippen LogP contribution in [-0.4, -0.2) is 15.5 Å². The zero-order valence-corrected chi connectivity index (χ0v) is 8.07. The van der Waals surface area contributed by atoms with Crippen molar-refractivity contribution < 1.29 is 5.11 Å². The van der Waals surface area contributed by atoms with Crippen LogP contribution in [0.4, 0.5) is 0 Å². The van der Waals surface area contributed by atoms with E-state index in [-0.39, 0.29) is 4.83 Å². The minimum Gasteiger partial charge on any atom is -0.389 e. The number of halogens is 1. The van der Waals surface area contributed by atoms with Crippen molar-refractivity contribution in [3.63, 3.8) is 0 Å². The fraction of sp³-hybridized carbons (Fsp3) is 1.00. The molecule has 0 rings (SSSR count). The van der Waals surface area contributed by atoms with Crippen LogP contribution >= 0.6 is 15.9 Å². The minimum absolute atomic E-state index is 0.185. The van der Waals surface area contributed by atoms with Gasteiger partial charge in [-0.3, -0.25) is 0 Å². The maximum Gasteiger partial charge on any atom is 0.0718 e. The van der Waals surface area contributed by atoms with Crippen LogP contribution in [0.1, 0.15) is 27.7 Å². The number of rotatable bonds is 2. The molecule has 0 aromatic rings. The first kappa shape index (κ1) is 9.44. The molecule has 0 bridgehead atoms. The van der Waals surface area contributed by atoms with Gasteiger partial charge in [0.15, 0.2) is 0 Å². The Morgan fingerprint density at radius 2 is 1.67 bits per heavy atom. The van der Waals surface area contributed by atoms with Crippen molar-refractivity contribution in [3.8, 4) is 0 Å². The van der Waals surface area contributed by atoms with E-state index in [1.807, 2.05) is 13.8 Å². The van der Waals surface area contributed by atoms with E-state index in [4.69, 9.17) is 0 Å². The highest BCUT2D eigenvalue weighted by Gasteiger charge is 2.26. The highest BCUT2D eigenvalue weighted by Crippen LogP contribution is 2.23. The summed E-state index contributed by atoms with van der Waals surface area (Å²) in [7, 11) is 0. The van der Waals surface area contributed by atoms with Crippen LogP contribution in [0, 0.1) is 5.92 Å². The van der Waals surface area contributed by atoms with Crippen molar-refractivity contribution in [2.75, 3.05) is 0 Å². The van der Waals surface area contributed by atoms with Gasteiger partial charge in [0.2, 0.25) is 0 Å². The lowest BCUT2D eigenvalue weighted by molar-refractivity contribution is 0.0673. The van der Waals surface area contributed by atoms with Gasteiger partial charge in [0.1, 0.15) is 0 Å². The Morgan fingerprint density at radius 3 is 1.67 bits per heavy atom. The van der Waals surface area contributed by atoms with Crippen LogP contribution in [0.3, 0.4) is 0 Å². The zero-order valence-electron chi connectivity index (χ0n) is 6.48. The van der Waals surface area contributed by atoms with Crippen molar-refractivity contribution in [2.45, 2.75) is 38.1 Å². The second-order valence-electron chi connectivity index (χ2n) is 3.30. The van der Waals surface area contributed by atoms with Gasteiger partial charge in [-0.1, -0.05) is 29.8 Å². The molecule has 2 heteroatoms. The van der Waals surface area contributed by atoms with Gasteiger partial charge in [-0.05, 0) is 19.8 Å². The molecule has 9 heavy (non-hydrogen) atoms.